The molecule has 0 unspecified atom stereocenters. The van der Waals surface area contributed by atoms with E-state index in [-0.39, 0.29) is 31.2 Å². The van der Waals surface area contributed by atoms with Gasteiger partial charge in [-0.3, -0.25) is 4.79 Å². The van der Waals surface area contributed by atoms with Crippen molar-refractivity contribution in [1.82, 2.24) is 0 Å². The summed E-state index contributed by atoms with van der Waals surface area (Å²) in [5.74, 6) is -9.47. The predicted molar refractivity (Wildman–Crippen MR) is 154 cm³/mol. The topological polar surface area (TPSA) is 48.7 Å². The first-order chi connectivity index (χ1) is 20.0. The maximum Gasteiger partial charge on any atom is 0.248 e. The van der Waals surface area contributed by atoms with Gasteiger partial charge in [0.15, 0.2) is 23.3 Å². The van der Waals surface area contributed by atoms with E-state index in [1.165, 1.54) is 18.2 Å². The van der Waals surface area contributed by atoms with Gasteiger partial charge in [0, 0.05) is 43.5 Å². The van der Waals surface area contributed by atoms with Crippen LogP contribution in [0.1, 0.15) is 5.76 Å². The molecule has 0 aliphatic carbocycles. The monoisotopic (exact) mass is 641 g/mol. The number of halogens is 8. The molecular weight excluding hydrogens is 624 g/mol. The second-order valence-corrected chi connectivity index (χ2v) is 10.4. The summed E-state index contributed by atoms with van der Waals surface area (Å²) in [4.78, 5) is 15.4. The van der Waals surface area contributed by atoms with Gasteiger partial charge in [-0.05, 0) is 48.5 Å². The highest BCUT2D eigenvalue weighted by Crippen LogP contribution is 2.35. The van der Waals surface area contributed by atoms with Gasteiger partial charge in [0.1, 0.15) is 17.2 Å². The van der Waals surface area contributed by atoms with Crippen molar-refractivity contribution in [3.05, 3.63) is 105 Å². The Morgan fingerprint density at radius 1 is 0.786 bits per heavy atom. The Morgan fingerprint density at radius 3 is 2.10 bits per heavy atom. The van der Waals surface area contributed by atoms with Crippen molar-refractivity contribution < 1.29 is 31.2 Å². The minimum Gasteiger partial charge on any atom is -0.457 e. The summed E-state index contributed by atoms with van der Waals surface area (Å²) in [6, 6.07) is 13.3. The lowest BCUT2D eigenvalue weighted by atomic mass is 10.2. The van der Waals surface area contributed by atoms with Crippen LogP contribution in [-0.2, 0) is 4.79 Å². The molecule has 0 radical (unpaired) electrons. The summed E-state index contributed by atoms with van der Waals surface area (Å²) in [5, 5.41) is 3.72. The van der Waals surface area contributed by atoms with Gasteiger partial charge in [-0.1, -0.05) is 40.9 Å². The number of amides is 1. The molecule has 0 atom stereocenters. The molecular formula is C29H19Cl3F5N3O2. The van der Waals surface area contributed by atoms with Crippen LogP contribution in [-0.4, -0.2) is 32.1 Å². The maximum absolute atomic E-state index is 14.2. The van der Waals surface area contributed by atoms with Crippen molar-refractivity contribution in [3.8, 4) is 11.3 Å². The molecule has 42 heavy (non-hydrogen) atoms. The van der Waals surface area contributed by atoms with Gasteiger partial charge in [-0.15, -0.1) is 0 Å². The van der Waals surface area contributed by atoms with E-state index in [0.29, 0.717) is 38.5 Å². The average molecular weight is 643 g/mol. The highest BCUT2D eigenvalue weighted by atomic mass is 35.5. The lowest BCUT2D eigenvalue weighted by molar-refractivity contribution is -0.111. The van der Waals surface area contributed by atoms with Crippen LogP contribution in [0.4, 0.5) is 39.0 Å². The number of benzene rings is 3. The molecule has 5 rings (SSSR count). The van der Waals surface area contributed by atoms with Crippen LogP contribution in [0.2, 0.25) is 15.1 Å². The number of hydrogen-bond donors (Lipinski definition) is 1. The van der Waals surface area contributed by atoms with E-state index < -0.39 is 40.7 Å². The molecule has 0 bridgehead atoms. The van der Waals surface area contributed by atoms with E-state index in [1.54, 1.807) is 47.4 Å². The number of carbonyl (C=O) groups excluding carboxylic acids is 1. The minimum absolute atomic E-state index is 0.0179. The number of nitrogens with one attached hydrogen (secondary N) is 1. The quantitative estimate of drug-likeness (QED) is 0.0991. The second kappa shape index (κ2) is 12.2. The first-order valence-electron chi connectivity index (χ1n) is 12.4. The van der Waals surface area contributed by atoms with Crippen LogP contribution >= 0.6 is 34.8 Å². The van der Waals surface area contributed by atoms with E-state index in [0.717, 1.165) is 4.90 Å². The van der Waals surface area contributed by atoms with Crippen molar-refractivity contribution in [3.63, 3.8) is 0 Å². The van der Waals surface area contributed by atoms with Crippen LogP contribution in [0.25, 0.3) is 17.4 Å². The Labute approximate surface area is 251 Å². The number of carbonyl (C=O) groups is 1. The third-order valence-electron chi connectivity index (χ3n) is 6.58. The molecule has 0 spiro atoms. The molecule has 3 aromatic carbocycles. The fourth-order valence-corrected chi connectivity index (χ4v) is 5.20. The lowest BCUT2D eigenvalue weighted by Crippen LogP contribution is -2.47. The fourth-order valence-electron chi connectivity index (χ4n) is 4.51. The Morgan fingerprint density at radius 2 is 1.43 bits per heavy atom. The zero-order valence-electron chi connectivity index (χ0n) is 21.3. The summed E-state index contributed by atoms with van der Waals surface area (Å²) in [6.45, 7) is 0.352. The Hall–Kier alpha value is -3.73. The smallest absolute Gasteiger partial charge is 0.248 e. The third-order valence-corrected chi connectivity index (χ3v) is 7.70. The highest BCUT2D eigenvalue weighted by molar-refractivity contribution is 6.43. The Kier molecular flexibility index (Phi) is 8.68. The molecule has 1 aromatic heterocycles. The van der Waals surface area contributed by atoms with Gasteiger partial charge in [-0.2, -0.15) is 0 Å². The average Bonchev–Trinajstić information content (AvgIpc) is 3.45. The summed E-state index contributed by atoms with van der Waals surface area (Å²) in [7, 11) is 0. The predicted octanol–water partition coefficient (Wildman–Crippen LogP) is 8.58. The third kappa shape index (κ3) is 5.92. The van der Waals surface area contributed by atoms with Crippen molar-refractivity contribution in [2.24, 2.45) is 0 Å². The van der Waals surface area contributed by atoms with Gasteiger partial charge in [0.25, 0.3) is 0 Å². The fraction of sp³-hybridized carbons (Fsp3) is 0.138. The van der Waals surface area contributed by atoms with Crippen molar-refractivity contribution in [2.75, 3.05) is 41.3 Å². The van der Waals surface area contributed by atoms with Crippen LogP contribution in [0.15, 0.2) is 59.0 Å². The molecule has 1 fully saturated rings. The summed E-state index contributed by atoms with van der Waals surface area (Å²) >= 11 is 18.7. The van der Waals surface area contributed by atoms with E-state index >= 15 is 0 Å². The van der Waals surface area contributed by atoms with Gasteiger partial charge in [-0.25, -0.2) is 22.0 Å². The Balaban J connectivity index is 1.20. The normalized spacial score (nSPS) is 13.7. The molecule has 1 saturated heterocycles. The molecule has 13 heteroatoms. The molecule has 1 aliphatic heterocycles. The second-order valence-electron chi connectivity index (χ2n) is 9.18. The molecule has 0 saturated carbocycles. The lowest BCUT2D eigenvalue weighted by Gasteiger charge is -2.38. The van der Waals surface area contributed by atoms with Crippen LogP contribution in [0.3, 0.4) is 0 Å². The molecule has 4 aromatic rings. The zero-order chi connectivity index (χ0) is 30.1. The number of hydrogen-bond acceptors (Lipinski definition) is 4. The molecule has 2 heterocycles. The molecule has 1 aliphatic rings. The SMILES string of the molecule is O=C(C=Cc1ccc(-c2cccc(Cl)c2Cl)o1)Nc1ccc(N2CCN(c3c(F)c(F)c(F)c(F)c3F)CC2)c(Cl)c1. The highest BCUT2D eigenvalue weighted by Gasteiger charge is 2.31. The van der Waals surface area contributed by atoms with Gasteiger partial charge in [0.05, 0.1) is 20.8 Å². The van der Waals surface area contributed by atoms with Crippen LogP contribution in [0, 0.1) is 29.1 Å². The van der Waals surface area contributed by atoms with Crippen LogP contribution < -0.4 is 15.1 Å². The maximum atomic E-state index is 14.2. The van der Waals surface area contributed by atoms with E-state index in [4.69, 9.17) is 39.2 Å². The number of nitrogens with zero attached hydrogens (tertiary/aromatic N) is 2. The van der Waals surface area contributed by atoms with Crippen molar-refractivity contribution in [2.45, 2.75) is 0 Å². The van der Waals surface area contributed by atoms with Gasteiger partial charge >= 0.3 is 0 Å². The molecule has 1 N–H and O–H groups in total. The van der Waals surface area contributed by atoms with Gasteiger partial charge in [0.2, 0.25) is 11.7 Å². The number of piperazine rings is 1. The minimum atomic E-state index is -2.20. The summed E-state index contributed by atoms with van der Waals surface area (Å²) < 4.78 is 74.9. The van der Waals surface area contributed by atoms with E-state index in [1.807, 2.05) is 0 Å². The number of furan rings is 1. The van der Waals surface area contributed by atoms with E-state index in [9.17, 15) is 26.7 Å². The zero-order valence-corrected chi connectivity index (χ0v) is 23.6. The largest absolute Gasteiger partial charge is 0.457 e. The molecule has 1 amide bonds. The number of anilines is 3. The summed E-state index contributed by atoms with van der Waals surface area (Å²) in [6.07, 6.45) is 2.76. The number of rotatable bonds is 6. The van der Waals surface area contributed by atoms with Gasteiger partial charge < -0.3 is 19.5 Å². The first-order valence-corrected chi connectivity index (χ1v) is 13.5. The van der Waals surface area contributed by atoms with Crippen molar-refractivity contribution in [1.29, 1.82) is 0 Å². The first kappa shape index (κ1) is 29.8. The molecule has 218 valence electrons. The van der Waals surface area contributed by atoms with E-state index in [2.05, 4.69) is 5.32 Å². The Bertz CT molecular complexity index is 1680. The van der Waals surface area contributed by atoms with Crippen molar-refractivity contribution >= 4 is 63.8 Å². The standard InChI is InChI=1S/C29H19Cl3F5N3O2/c30-18-3-1-2-17(23(18)32)21-8-5-16(42-21)6-9-22(41)38-15-4-7-20(19(31)14-15)39-10-12-40(13-11-39)29-27(36)25(34)24(33)26(35)28(29)37/h1-9,14H,10-13H2,(H,38,41). The summed E-state index contributed by atoms with van der Waals surface area (Å²) in [5.41, 5.74) is 0.638. The van der Waals surface area contributed by atoms with Crippen LogP contribution in [0.5, 0.6) is 0 Å². The molecule has 5 nitrogen and oxygen atoms in total.